The van der Waals surface area contributed by atoms with Gasteiger partial charge in [-0.3, -0.25) is 0 Å². The van der Waals surface area contributed by atoms with Gasteiger partial charge in [0.05, 0.1) is 5.69 Å². The fourth-order valence-corrected chi connectivity index (χ4v) is 2.06. The molecule has 0 fully saturated rings. The molecule has 0 aromatic heterocycles. The summed E-state index contributed by atoms with van der Waals surface area (Å²) in [5.41, 5.74) is 1.47. The van der Waals surface area contributed by atoms with E-state index in [2.05, 4.69) is 5.32 Å². The van der Waals surface area contributed by atoms with Crippen LogP contribution >= 0.6 is 0 Å². The lowest BCUT2D eigenvalue weighted by molar-refractivity contribution is 0.475. The van der Waals surface area contributed by atoms with E-state index in [-0.39, 0.29) is 17.5 Å². The first kappa shape index (κ1) is 14.3. The van der Waals surface area contributed by atoms with Crippen LogP contribution in [0.3, 0.4) is 0 Å². The predicted octanol–water partition coefficient (Wildman–Crippen LogP) is 4.02. The molecule has 0 aliphatic heterocycles. The van der Waals surface area contributed by atoms with Gasteiger partial charge in [0.15, 0.2) is 0 Å². The van der Waals surface area contributed by atoms with Gasteiger partial charge in [-0.15, -0.1) is 0 Å². The third-order valence-electron chi connectivity index (χ3n) is 3.13. The average Bonchev–Trinajstić information content (AvgIpc) is 2.39. The Bertz CT molecular complexity index is 596. The van der Waals surface area contributed by atoms with E-state index in [1.54, 1.807) is 24.3 Å². The molecule has 1 atom stereocenters. The number of aromatic hydroxyl groups is 1. The van der Waals surface area contributed by atoms with Crippen LogP contribution in [0.2, 0.25) is 0 Å². The summed E-state index contributed by atoms with van der Waals surface area (Å²) in [6.45, 7) is 3.42. The van der Waals surface area contributed by atoms with Gasteiger partial charge in [0, 0.05) is 12.1 Å². The monoisotopic (exact) mass is 277 g/mol. The highest BCUT2D eigenvalue weighted by atomic mass is 19.1. The topological polar surface area (TPSA) is 32.3 Å². The Labute approximate surface area is 117 Å². The average molecular weight is 277 g/mol. The first-order chi connectivity index (χ1) is 9.45. The number of phenols is 1. The summed E-state index contributed by atoms with van der Waals surface area (Å²) >= 11 is 0. The Morgan fingerprint density at radius 2 is 1.75 bits per heavy atom. The Balaban J connectivity index is 2.06. The summed E-state index contributed by atoms with van der Waals surface area (Å²) in [4.78, 5) is 0. The molecule has 4 heteroatoms. The minimum absolute atomic E-state index is 0.0591. The fourth-order valence-electron chi connectivity index (χ4n) is 2.06. The van der Waals surface area contributed by atoms with Crippen LogP contribution in [0.1, 0.15) is 18.1 Å². The van der Waals surface area contributed by atoms with Gasteiger partial charge in [0.1, 0.15) is 17.4 Å². The summed E-state index contributed by atoms with van der Waals surface area (Å²) in [6.07, 6.45) is 0.648. The smallest absolute Gasteiger partial charge is 0.146 e. The maximum atomic E-state index is 13.7. The quantitative estimate of drug-likeness (QED) is 0.884. The summed E-state index contributed by atoms with van der Waals surface area (Å²) < 4.78 is 27.2. The third-order valence-corrected chi connectivity index (χ3v) is 3.13. The number of halogens is 2. The van der Waals surface area contributed by atoms with Crippen LogP contribution in [0.25, 0.3) is 0 Å². The van der Waals surface area contributed by atoms with Crippen LogP contribution in [0.4, 0.5) is 14.5 Å². The van der Waals surface area contributed by atoms with Gasteiger partial charge in [0.2, 0.25) is 0 Å². The number of hydrogen-bond acceptors (Lipinski definition) is 2. The van der Waals surface area contributed by atoms with Crippen molar-refractivity contribution in [1.29, 1.82) is 0 Å². The number of hydrogen-bond donors (Lipinski definition) is 2. The van der Waals surface area contributed by atoms with E-state index < -0.39 is 11.6 Å². The largest absolute Gasteiger partial charge is 0.508 e. The van der Waals surface area contributed by atoms with Crippen molar-refractivity contribution in [2.24, 2.45) is 0 Å². The van der Waals surface area contributed by atoms with Gasteiger partial charge in [-0.2, -0.15) is 0 Å². The van der Waals surface area contributed by atoms with Gasteiger partial charge in [0.25, 0.3) is 0 Å². The number of rotatable bonds is 4. The molecule has 0 aliphatic carbocycles. The number of anilines is 1. The van der Waals surface area contributed by atoms with Gasteiger partial charge < -0.3 is 10.4 Å². The molecular weight excluding hydrogens is 260 g/mol. The highest BCUT2D eigenvalue weighted by Gasteiger charge is 2.10. The summed E-state index contributed by atoms with van der Waals surface area (Å²) in [5, 5.41) is 12.2. The second-order valence-electron chi connectivity index (χ2n) is 5.00. The molecule has 20 heavy (non-hydrogen) atoms. The normalized spacial score (nSPS) is 12.2. The van der Waals surface area contributed by atoms with Crippen molar-refractivity contribution >= 4 is 5.69 Å². The fraction of sp³-hybridized carbons (Fsp3) is 0.250. The number of nitrogens with one attached hydrogen (secondary N) is 1. The zero-order valence-corrected chi connectivity index (χ0v) is 11.5. The van der Waals surface area contributed by atoms with Crippen LogP contribution < -0.4 is 5.32 Å². The molecule has 0 heterocycles. The lowest BCUT2D eigenvalue weighted by Crippen LogP contribution is -2.19. The van der Waals surface area contributed by atoms with Gasteiger partial charge in [-0.1, -0.05) is 12.1 Å². The summed E-state index contributed by atoms with van der Waals surface area (Å²) in [6, 6.07) is 9.13. The number of aryl methyl sites for hydroxylation is 1. The zero-order chi connectivity index (χ0) is 14.7. The van der Waals surface area contributed by atoms with Crippen LogP contribution in [0.15, 0.2) is 36.4 Å². The molecule has 2 aromatic carbocycles. The SMILES string of the molecule is Cc1cc(F)c(NC(C)Cc2ccc(O)cc2)cc1F. The first-order valence-electron chi connectivity index (χ1n) is 6.46. The second-order valence-corrected chi connectivity index (χ2v) is 5.00. The van der Waals surface area contributed by atoms with Crippen molar-refractivity contribution in [2.45, 2.75) is 26.3 Å². The minimum Gasteiger partial charge on any atom is -0.508 e. The summed E-state index contributed by atoms with van der Waals surface area (Å²) in [7, 11) is 0. The van der Waals surface area contributed by atoms with E-state index in [4.69, 9.17) is 0 Å². The molecule has 106 valence electrons. The van der Waals surface area contributed by atoms with E-state index in [0.717, 1.165) is 5.56 Å². The molecule has 0 saturated heterocycles. The molecule has 0 spiro atoms. The Hall–Kier alpha value is -2.10. The van der Waals surface area contributed by atoms with E-state index in [0.29, 0.717) is 12.0 Å². The van der Waals surface area contributed by atoms with Crippen molar-refractivity contribution < 1.29 is 13.9 Å². The lowest BCUT2D eigenvalue weighted by Gasteiger charge is -2.16. The number of phenolic OH excluding ortho intramolecular Hbond substituents is 1. The Morgan fingerprint density at radius 1 is 1.10 bits per heavy atom. The standard InChI is InChI=1S/C16H17F2NO/c1-10-7-15(18)16(9-14(10)17)19-11(2)8-12-3-5-13(20)6-4-12/h3-7,9,11,19-20H,8H2,1-2H3. The van der Waals surface area contributed by atoms with Gasteiger partial charge in [-0.25, -0.2) is 8.78 Å². The molecule has 0 saturated carbocycles. The Morgan fingerprint density at radius 3 is 2.40 bits per heavy atom. The molecule has 0 bridgehead atoms. The van der Waals surface area contributed by atoms with Crippen molar-refractivity contribution in [2.75, 3.05) is 5.32 Å². The third kappa shape index (κ3) is 3.47. The van der Waals surface area contributed by atoms with Gasteiger partial charge >= 0.3 is 0 Å². The van der Waals surface area contributed by atoms with E-state index >= 15 is 0 Å². The van der Waals surface area contributed by atoms with Gasteiger partial charge in [-0.05, 0) is 49.6 Å². The van der Waals surface area contributed by atoms with Crippen LogP contribution in [0, 0.1) is 18.6 Å². The molecule has 1 unspecified atom stereocenters. The van der Waals surface area contributed by atoms with E-state index in [1.165, 1.54) is 19.1 Å². The maximum Gasteiger partial charge on any atom is 0.146 e. The Kier molecular flexibility index (Phi) is 4.23. The lowest BCUT2D eigenvalue weighted by atomic mass is 10.1. The zero-order valence-electron chi connectivity index (χ0n) is 11.5. The summed E-state index contributed by atoms with van der Waals surface area (Å²) in [5.74, 6) is -0.673. The molecule has 0 amide bonds. The predicted molar refractivity (Wildman–Crippen MR) is 76.0 cm³/mol. The van der Waals surface area contributed by atoms with Crippen LogP contribution in [0.5, 0.6) is 5.75 Å². The second kappa shape index (κ2) is 5.90. The molecule has 2 N–H and O–H groups in total. The highest BCUT2D eigenvalue weighted by Crippen LogP contribution is 2.20. The van der Waals surface area contributed by atoms with E-state index in [1.807, 2.05) is 6.92 Å². The molecule has 2 nitrogen and oxygen atoms in total. The van der Waals surface area contributed by atoms with Crippen LogP contribution in [-0.4, -0.2) is 11.1 Å². The minimum atomic E-state index is -0.457. The molecule has 0 aliphatic rings. The maximum absolute atomic E-state index is 13.7. The van der Waals surface area contributed by atoms with Crippen molar-refractivity contribution in [3.8, 4) is 5.75 Å². The molecule has 2 rings (SSSR count). The molecule has 2 aromatic rings. The highest BCUT2D eigenvalue weighted by molar-refractivity contribution is 5.47. The van der Waals surface area contributed by atoms with Crippen molar-refractivity contribution in [3.63, 3.8) is 0 Å². The van der Waals surface area contributed by atoms with Crippen molar-refractivity contribution in [1.82, 2.24) is 0 Å². The van der Waals surface area contributed by atoms with Crippen LogP contribution in [-0.2, 0) is 6.42 Å². The molecular formula is C16H17F2NO. The molecule has 0 radical (unpaired) electrons. The van der Waals surface area contributed by atoms with Crippen molar-refractivity contribution in [3.05, 3.63) is 59.2 Å². The van der Waals surface area contributed by atoms with E-state index in [9.17, 15) is 13.9 Å². The first-order valence-corrected chi connectivity index (χ1v) is 6.46. The number of benzene rings is 2.